The monoisotopic (exact) mass is 676 g/mol. The Hall–Kier alpha value is -6.70. The zero-order chi connectivity index (χ0) is 59.6. The van der Waals surface area contributed by atoms with Crippen LogP contribution in [0.3, 0.4) is 0 Å². The van der Waals surface area contributed by atoms with Gasteiger partial charge in [-0.2, -0.15) is 0 Å². The molecule has 0 amide bonds. The molecule has 0 unspecified atom stereocenters. The van der Waals surface area contributed by atoms with Gasteiger partial charge in [0.25, 0.3) is 0 Å². The molecule has 0 radical (unpaired) electrons. The highest BCUT2D eigenvalue weighted by Crippen LogP contribution is 2.47. The third-order valence-corrected chi connectivity index (χ3v) is 8.64. The van der Waals surface area contributed by atoms with Crippen LogP contribution in [0.5, 0.6) is 0 Å². The van der Waals surface area contributed by atoms with Crippen LogP contribution in [0.2, 0.25) is 0 Å². The number of furan rings is 1. The van der Waals surface area contributed by atoms with Crippen molar-refractivity contribution in [1.82, 2.24) is 0 Å². The lowest BCUT2D eigenvalue weighted by Crippen LogP contribution is -1.92. The van der Waals surface area contributed by atoms with Crippen molar-refractivity contribution in [3.8, 4) is 33.4 Å². The van der Waals surface area contributed by atoms with Crippen LogP contribution < -0.4 is 0 Å². The van der Waals surface area contributed by atoms with Crippen LogP contribution in [-0.2, 0) is 0 Å². The van der Waals surface area contributed by atoms with E-state index in [1.807, 2.05) is 0 Å². The molecule has 0 N–H and O–H groups in total. The van der Waals surface area contributed by atoms with Gasteiger partial charge in [0.1, 0.15) is 11.2 Å². The first-order valence-electron chi connectivity index (χ1n) is 30.2. The quantitative estimate of drug-likeness (QED) is 0.170. The fourth-order valence-corrected chi connectivity index (χ4v) is 6.54. The molecule has 11 aromatic rings. The summed E-state index contributed by atoms with van der Waals surface area (Å²) in [7, 11) is 0. The summed E-state index contributed by atoms with van der Waals surface area (Å²) in [5, 5.41) is -8.16. The van der Waals surface area contributed by atoms with Gasteiger partial charge in [0.2, 0.25) is 0 Å². The van der Waals surface area contributed by atoms with E-state index in [0.717, 1.165) is 0 Å². The van der Waals surface area contributed by atoms with Crippen molar-refractivity contribution in [3.63, 3.8) is 0 Å². The first kappa shape index (κ1) is 11.7. The molecular formula is C50H30O. The maximum absolute atomic E-state index is 10.3. The molecule has 1 nitrogen and oxygen atoms in total. The maximum atomic E-state index is 10.3. The van der Waals surface area contributed by atoms with E-state index in [2.05, 4.69) is 0 Å². The topological polar surface area (TPSA) is 13.1 Å². The first-order chi connectivity index (χ1) is 37.8. The normalized spacial score (nSPS) is 20.2. The molecule has 51 heavy (non-hydrogen) atoms. The minimum Gasteiger partial charge on any atom is -0.456 e. The molecule has 0 spiro atoms. The Labute approximate surface area is 336 Å². The maximum Gasteiger partial charge on any atom is 0.136 e. The van der Waals surface area contributed by atoms with Gasteiger partial charge in [-0.1, -0.05) is 163 Å². The second-order valence-electron chi connectivity index (χ2n) is 11.3. The van der Waals surface area contributed by atoms with E-state index in [-0.39, 0.29) is 0 Å². The highest BCUT2D eigenvalue weighted by Gasteiger charge is 2.20. The number of rotatable bonds is 3. The number of hydrogen-bond acceptors (Lipinski definition) is 1. The van der Waals surface area contributed by atoms with Crippen LogP contribution in [-0.4, -0.2) is 0 Å². The van der Waals surface area contributed by atoms with Crippen molar-refractivity contribution < 1.29 is 45.5 Å². The Bertz CT molecular complexity index is 4840. The minimum atomic E-state index is -1.11. The first-order valence-corrected chi connectivity index (χ1v) is 15.2. The fraction of sp³-hybridized carbons (Fsp3) is 0. The van der Waals surface area contributed by atoms with E-state index < -0.39 is 290 Å². The number of hydrogen-bond donors (Lipinski definition) is 0. The van der Waals surface area contributed by atoms with Crippen LogP contribution in [0.15, 0.2) is 186 Å². The average molecular weight is 677 g/mol. The predicted octanol–water partition coefficient (Wildman–Crippen LogP) is 14.4. The van der Waals surface area contributed by atoms with Gasteiger partial charge >= 0.3 is 0 Å². The van der Waals surface area contributed by atoms with Crippen molar-refractivity contribution in [2.75, 3.05) is 0 Å². The summed E-state index contributed by atoms with van der Waals surface area (Å²) in [6.07, 6.45) is 0. The van der Waals surface area contributed by atoms with Crippen molar-refractivity contribution in [2.24, 2.45) is 0 Å². The van der Waals surface area contributed by atoms with E-state index in [4.69, 9.17) is 30.5 Å². The summed E-state index contributed by atoms with van der Waals surface area (Å²) in [6.45, 7) is 0. The predicted molar refractivity (Wildman–Crippen MR) is 218 cm³/mol. The Morgan fingerprint density at radius 1 is 0.314 bits per heavy atom. The largest absolute Gasteiger partial charge is 0.456 e. The van der Waals surface area contributed by atoms with Gasteiger partial charge in [0.05, 0.1) is 41.1 Å². The second-order valence-corrected chi connectivity index (χ2v) is 11.3. The molecule has 1 aromatic heterocycles. The highest BCUT2D eigenvalue weighted by atomic mass is 16.3. The van der Waals surface area contributed by atoms with Gasteiger partial charge in [-0.15, -0.1) is 0 Å². The van der Waals surface area contributed by atoms with Crippen molar-refractivity contribution in [2.45, 2.75) is 0 Å². The van der Waals surface area contributed by atoms with E-state index in [9.17, 15) is 15.1 Å². The Kier molecular flexibility index (Phi) is 2.50. The van der Waals surface area contributed by atoms with Gasteiger partial charge < -0.3 is 4.42 Å². The number of fused-ring (bicyclic) bond motifs is 9. The zero-order valence-electron chi connectivity index (χ0n) is 55.4. The lowest BCUT2D eigenvalue weighted by Gasteiger charge is -2.19. The molecule has 0 atom stereocenters. The second kappa shape index (κ2) is 10.9. The van der Waals surface area contributed by atoms with E-state index >= 15 is 0 Å². The zero-order valence-corrected chi connectivity index (χ0v) is 25.4. The Morgan fingerprint density at radius 2 is 0.804 bits per heavy atom. The average Bonchev–Trinajstić information content (AvgIpc) is 4.04. The molecule has 0 aliphatic carbocycles. The molecule has 0 fully saturated rings. The molecule has 1 heteroatoms. The van der Waals surface area contributed by atoms with Crippen LogP contribution in [0.1, 0.15) is 41.1 Å². The molecule has 0 aliphatic rings. The van der Waals surface area contributed by atoms with Crippen molar-refractivity contribution >= 4 is 75.8 Å². The summed E-state index contributed by atoms with van der Waals surface area (Å²) < 4.78 is 280. The van der Waals surface area contributed by atoms with E-state index in [0.29, 0.717) is 0 Å². The molecule has 11 rings (SSSR count). The summed E-state index contributed by atoms with van der Waals surface area (Å²) >= 11 is 0. The summed E-state index contributed by atoms with van der Waals surface area (Å²) in [5.41, 5.74) is -6.08. The number of benzene rings is 10. The third-order valence-electron chi connectivity index (χ3n) is 8.64. The summed E-state index contributed by atoms with van der Waals surface area (Å²) in [4.78, 5) is 0. The van der Waals surface area contributed by atoms with E-state index in [1.54, 1.807) is 0 Å². The smallest absolute Gasteiger partial charge is 0.136 e. The summed E-state index contributed by atoms with van der Waals surface area (Å²) in [5.74, 6) is 0. The minimum absolute atomic E-state index is 0.464. The fourth-order valence-electron chi connectivity index (χ4n) is 6.54. The van der Waals surface area contributed by atoms with Gasteiger partial charge in [0.15, 0.2) is 0 Å². The molecule has 0 bridgehead atoms. The van der Waals surface area contributed by atoms with Crippen molar-refractivity contribution in [3.05, 3.63) is 181 Å². The van der Waals surface area contributed by atoms with Crippen LogP contribution in [0, 0.1) is 0 Å². The molecule has 1 heterocycles. The van der Waals surface area contributed by atoms with Crippen LogP contribution in [0.25, 0.3) is 109 Å². The molecule has 0 aliphatic heterocycles. The van der Waals surface area contributed by atoms with Crippen LogP contribution >= 0.6 is 0 Å². The van der Waals surface area contributed by atoms with Gasteiger partial charge in [-0.05, 0) is 105 Å². The summed E-state index contributed by atoms with van der Waals surface area (Å²) in [6, 6.07) is -28.8. The molecule has 0 saturated carbocycles. The van der Waals surface area contributed by atoms with Crippen molar-refractivity contribution in [1.29, 1.82) is 0 Å². The Balaban J connectivity index is 1.47. The highest BCUT2D eigenvalue weighted by molar-refractivity contribution is 6.26. The molecule has 0 saturated heterocycles. The van der Waals surface area contributed by atoms with Crippen LogP contribution in [0.4, 0.5) is 0 Å². The Morgan fingerprint density at radius 3 is 1.53 bits per heavy atom. The van der Waals surface area contributed by atoms with Gasteiger partial charge in [-0.25, -0.2) is 0 Å². The molecule has 236 valence electrons. The third kappa shape index (κ3) is 4.16. The van der Waals surface area contributed by atoms with Gasteiger partial charge in [0, 0.05) is 10.8 Å². The van der Waals surface area contributed by atoms with Gasteiger partial charge in [-0.3, -0.25) is 0 Å². The lowest BCUT2D eigenvalue weighted by atomic mass is 9.84. The molecule has 10 aromatic carbocycles. The lowest BCUT2D eigenvalue weighted by molar-refractivity contribution is 0.669. The molecular weight excluding hydrogens is 617 g/mol. The van der Waals surface area contributed by atoms with E-state index in [1.165, 1.54) is 0 Å². The SMILES string of the molecule is [2H]c1c([2H])c(-c2c([2H])c([2H])c([2H])c3c([2H])c([2H])c(-c4c5c([2H])c([2H])c([2H])c([2H])c5c(-c5c([2H])c([2H])c([2H])c6c([2H])c([2H])c([2H])c([2H])c56)c5c([2H])c([2H])c([2H])c([2H])c45)c([2H])c23)c2c(oc3c([2H])c([2H])c4c([2H])c([2H])c([2H])c([2H])c4c32)c1[2H]. The standard InChI is InChI=1S/C50H30O/c1-3-16-35-31(12-1)14-10-23-38(35)48-42-20-7-5-18-40(42)47(41-19-6-8-21-43(41)48)34-27-26-33-15-9-22-37(44(33)30-34)39-24-11-25-45-50(39)49-36-17-4-2-13-32(36)28-29-46(49)51-45/h1-30H/i1D,2D,3D,4D,5D,6D,7D,8D,9D,10D,11D,12D,13D,14D,15D,16D,17D,18D,19D,20D,21D,22D,23D,24D,25D,26D,27D,28D,29D,30D.